The third-order valence-corrected chi connectivity index (χ3v) is 2.64. The first kappa shape index (κ1) is 11.3. The predicted octanol–water partition coefficient (Wildman–Crippen LogP) is 2.94. The van der Waals surface area contributed by atoms with Crippen molar-refractivity contribution in [1.29, 1.82) is 0 Å². The summed E-state index contributed by atoms with van der Waals surface area (Å²) in [5.41, 5.74) is 1.79. The Morgan fingerprint density at radius 3 is 2.89 bits per heavy atom. The van der Waals surface area contributed by atoms with Gasteiger partial charge in [-0.1, -0.05) is 6.07 Å². The van der Waals surface area contributed by atoms with Gasteiger partial charge in [0.1, 0.15) is 5.58 Å². The van der Waals surface area contributed by atoms with E-state index < -0.39 is 0 Å². The number of aliphatic imine (C=N–C) groups is 1. The summed E-state index contributed by atoms with van der Waals surface area (Å²) < 4.78 is 5.06. The van der Waals surface area contributed by atoms with Gasteiger partial charge < -0.3 is 4.42 Å². The fourth-order valence-corrected chi connectivity index (χ4v) is 1.73. The number of hydrogen-bond donors (Lipinski definition) is 0. The Labute approximate surface area is 109 Å². The summed E-state index contributed by atoms with van der Waals surface area (Å²) in [7, 11) is 0. The van der Waals surface area contributed by atoms with Crippen molar-refractivity contribution in [1.82, 2.24) is 4.98 Å². The van der Waals surface area contributed by atoms with Crippen molar-refractivity contribution >= 4 is 22.9 Å². The van der Waals surface area contributed by atoms with E-state index in [-0.39, 0.29) is 5.63 Å². The van der Waals surface area contributed by atoms with Gasteiger partial charge in [-0.05, 0) is 36.4 Å². The lowest BCUT2D eigenvalue weighted by atomic mass is 10.2. The second kappa shape index (κ2) is 4.86. The Kier molecular flexibility index (Phi) is 2.90. The minimum Gasteiger partial charge on any atom is -0.423 e. The number of nitrogens with zero attached hydrogens (tertiary/aromatic N) is 2. The zero-order chi connectivity index (χ0) is 13.1. The van der Waals surface area contributed by atoms with Crippen LogP contribution in [0.15, 0.2) is 68.9 Å². The van der Waals surface area contributed by atoms with Gasteiger partial charge in [0.15, 0.2) is 0 Å². The molecule has 0 aliphatic heterocycles. The third kappa shape index (κ3) is 2.57. The molecule has 3 aromatic rings. The highest BCUT2D eigenvalue weighted by Gasteiger charge is 1.98. The molecule has 0 saturated heterocycles. The highest BCUT2D eigenvalue weighted by atomic mass is 16.4. The van der Waals surface area contributed by atoms with Gasteiger partial charge in [-0.25, -0.2) is 4.79 Å². The molecule has 2 heterocycles. The normalized spacial score (nSPS) is 11.2. The second-order valence-corrected chi connectivity index (χ2v) is 3.99. The molecule has 0 bridgehead atoms. The highest BCUT2D eigenvalue weighted by Crippen LogP contribution is 2.19. The van der Waals surface area contributed by atoms with Crippen molar-refractivity contribution < 1.29 is 4.42 Å². The topological polar surface area (TPSA) is 55.5 Å². The lowest BCUT2D eigenvalue weighted by molar-refractivity contribution is 0.561. The standard InChI is InChI=1S/C15H10N2O2/c18-15-7-4-11-9-12(5-6-14(11)19-15)17-10-13-3-1-2-8-16-13/h1-10H. The maximum atomic E-state index is 11.1. The first-order chi connectivity index (χ1) is 9.31. The van der Waals surface area contributed by atoms with Gasteiger partial charge in [-0.3, -0.25) is 9.98 Å². The van der Waals surface area contributed by atoms with Crippen LogP contribution < -0.4 is 5.63 Å². The molecule has 2 aromatic heterocycles. The number of pyridine rings is 1. The van der Waals surface area contributed by atoms with Crippen LogP contribution in [0, 0.1) is 0 Å². The average Bonchev–Trinajstić information content (AvgIpc) is 2.46. The summed E-state index contributed by atoms with van der Waals surface area (Å²) in [5.74, 6) is 0. The fraction of sp³-hybridized carbons (Fsp3) is 0. The molecule has 1 aromatic carbocycles. The molecule has 0 radical (unpaired) electrons. The minimum absolute atomic E-state index is 0.350. The molecule has 0 N–H and O–H groups in total. The van der Waals surface area contributed by atoms with Crippen LogP contribution in [0.1, 0.15) is 5.69 Å². The predicted molar refractivity (Wildman–Crippen MR) is 74.0 cm³/mol. The molecular weight excluding hydrogens is 240 g/mol. The van der Waals surface area contributed by atoms with Gasteiger partial charge in [-0.15, -0.1) is 0 Å². The molecule has 0 fully saturated rings. The van der Waals surface area contributed by atoms with Crippen LogP contribution in [0.2, 0.25) is 0 Å². The van der Waals surface area contributed by atoms with E-state index in [0.717, 1.165) is 16.8 Å². The van der Waals surface area contributed by atoms with E-state index in [9.17, 15) is 4.79 Å². The van der Waals surface area contributed by atoms with E-state index in [1.54, 1.807) is 30.6 Å². The van der Waals surface area contributed by atoms with E-state index in [1.807, 2.05) is 24.3 Å². The quantitative estimate of drug-likeness (QED) is 0.519. The van der Waals surface area contributed by atoms with E-state index >= 15 is 0 Å². The third-order valence-electron chi connectivity index (χ3n) is 2.64. The summed E-state index contributed by atoms with van der Waals surface area (Å²) in [4.78, 5) is 19.6. The van der Waals surface area contributed by atoms with Crippen molar-refractivity contribution in [2.24, 2.45) is 4.99 Å². The SMILES string of the molecule is O=c1ccc2cc(N=Cc3ccccn3)ccc2o1. The van der Waals surface area contributed by atoms with Crippen LogP contribution in [0.25, 0.3) is 11.0 Å². The smallest absolute Gasteiger partial charge is 0.336 e. The van der Waals surface area contributed by atoms with Crippen LogP contribution in [-0.2, 0) is 0 Å². The van der Waals surface area contributed by atoms with Crippen molar-refractivity contribution in [2.75, 3.05) is 0 Å². The molecule has 19 heavy (non-hydrogen) atoms. The van der Waals surface area contributed by atoms with E-state index in [0.29, 0.717) is 5.58 Å². The van der Waals surface area contributed by atoms with Crippen LogP contribution in [0.4, 0.5) is 5.69 Å². The van der Waals surface area contributed by atoms with Crippen LogP contribution >= 0.6 is 0 Å². The van der Waals surface area contributed by atoms with E-state index in [4.69, 9.17) is 4.42 Å². The van der Waals surface area contributed by atoms with Crippen molar-refractivity contribution in [3.05, 3.63) is 70.8 Å². The van der Waals surface area contributed by atoms with Gasteiger partial charge in [0.2, 0.25) is 0 Å². The van der Waals surface area contributed by atoms with Gasteiger partial charge in [-0.2, -0.15) is 0 Å². The van der Waals surface area contributed by atoms with Crippen molar-refractivity contribution in [3.63, 3.8) is 0 Å². The summed E-state index contributed by atoms with van der Waals surface area (Å²) in [6.45, 7) is 0. The van der Waals surface area contributed by atoms with Gasteiger partial charge in [0.25, 0.3) is 0 Å². The summed E-state index contributed by atoms with van der Waals surface area (Å²) in [6.07, 6.45) is 3.41. The molecule has 0 aliphatic rings. The van der Waals surface area contributed by atoms with Crippen LogP contribution in [-0.4, -0.2) is 11.2 Å². The molecule has 0 atom stereocenters. The Balaban J connectivity index is 1.96. The highest BCUT2D eigenvalue weighted by molar-refractivity contribution is 5.83. The summed E-state index contributed by atoms with van der Waals surface area (Å²) in [5, 5.41) is 0.843. The molecule has 0 saturated carbocycles. The number of benzene rings is 1. The molecule has 0 spiro atoms. The maximum absolute atomic E-state index is 11.1. The van der Waals surface area contributed by atoms with E-state index in [1.165, 1.54) is 6.07 Å². The van der Waals surface area contributed by atoms with Gasteiger partial charge >= 0.3 is 5.63 Å². The summed E-state index contributed by atoms with van der Waals surface area (Å²) >= 11 is 0. The molecule has 0 amide bonds. The number of fused-ring (bicyclic) bond motifs is 1. The lowest BCUT2D eigenvalue weighted by Crippen LogP contribution is -1.93. The minimum atomic E-state index is -0.350. The Morgan fingerprint density at radius 2 is 2.05 bits per heavy atom. The number of hydrogen-bond acceptors (Lipinski definition) is 4. The zero-order valence-corrected chi connectivity index (χ0v) is 9.98. The molecule has 4 heteroatoms. The van der Waals surface area contributed by atoms with Crippen LogP contribution in [0.3, 0.4) is 0 Å². The van der Waals surface area contributed by atoms with Crippen molar-refractivity contribution in [2.45, 2.75) is 0 Å². The average molecular weight is 250 g/mol. The second-order valence-electron chi connectivity index (χ2n) is 3.99. The van der Waals surface area contributed by atoms with E-state index in [2.05, 4.69) is 9.98 Å². The Hall–Kier alpha value is -2.75. The van der Waals surface area contributed by atoms with Crippen molar-refractivity contribution in [3.8, 4) is 0 Å². The molecular formula is C15H10N2O2. The van der Waals surface area contributed by atoms with Gasteiger partial charge in [0.05, 0.1) is 17.6 Å². The Bertz CT molecular complexity index is 792. The molecule has 92 valence electrons. The lowest BCUT2D eigenvalue weighted by Gasteiger charge is -1.97. The molecule has 0 aliphatic carbocycles. The summed E-state index contributed by atoms with van der Waals surface area (Å²) in [6, 6.07) is 14.2. The Morgan fingerprint density at radius 1 is 1.11 bits per heavy atom. The fourth-order valence-electron chi connectivity index (χ4n) is 1.73. The number of rotatable bonds is 2. The monoisotopic (exact) mass is 250 g/mol. The zero-order valence-electron chi connectivity index (χ0n) is 9.98. The van der Waals surface area contributed by atoms with Gasteiger partial charge in [0, 0.05) is 17.6 Å². The first-order valence-corrected chi connectivity index (χ1v) is 5.80. The largest absolute Gasteiger partial charge is 0.423 e. The molecule has 3 rings (SSSR count). The maximum Gasteiger partial charge on any atom is 0.336 e. The molecule has 4 nitrogen and oxygen atoms in total. The first-order valence-electron chi connectivity index (χ1n) is 5.80. The van der Waals surface area contributed by atoms with Crippen LogP contribution in [0.5, 0.6) is 0 Å². The number of aromatic nitrogens is 1. The molecule has 0 unspecified atom stereocenters.